The van der Waals surface area contributed by atoms with E-state index in [1.165, 1.54) is 36.4 Å². The van der Waals surface area contributed by atoms with E-state index in [2.05, 4.69) is 9.72 Å². The maximum Gasteiger partial charge on any atom is 0.573 e. The molecule has 32 heavy (non-hydrogen) atoms. The number of ether oxygens (including phenoxy) is 1. The molecule has 0 spiro atoms. The lowest BCUT2D eigenvalue weighted by atomic mass is 10.0. The second kappa shape index (κ2) is 8.16. The summed E-state index contributed by atoms with van der Waals surface area (Å²) in [5, 5.41) is 0. The van der Waals surface area contributed by atoms with Gasteiger partial charge in [0, 0.05) is 38.7 Å². The second-order valence-electron chi connectivity index (χ2n) is 7.58. The summed E-state index contributed by atoms with van der Waals surface area (Å²) in [6, 6.07) is 11.0. The molecule has 0 bridgehead atoms. The Bertz CT molecular complexity index is 1100. The molecule has 1 aliphatic heterocycles. The molecule has 0 radical (unpaired) electrons. The van der Waals surface area contributed by atoms with Gasteiger partial charge in [-0.05, 0) is 35.9 Å². The molecule has 10 heteroatoms. The van der Waals surface area contributed by atoms with Crippen LogP contribution in [0.1, 0.15) is 22.5 Å². The molecular formula is C22H19F6N3O. The summed E-state index contributed by atoms with van der Waals surface area (Å²) in [6.45, 7) is 1.12. The minimum Gasteiger partial charge on any atom is -0.406 e. The molecule has 2 aromatic carbocycles. The fraction of sp³-hybridized carbons (Fsp3) is 0.318. The summed E-state index contributed by atoms with van der Waals surface area (Å²) in [6.07, 6.45) is -8.62. The van der Waals surface area contributed by atoms with Crippen molar-refractivity contribution in [1.82, 2.24) is 14.5 Å². The number of alkyl halides is 6. The van der Waals surface area contributed by atoms with Crippen molar-refractivity contribution in [3.8, 4) is 17.1 Å². The lowest BCUT2D eigenvalue weighted by Gasteiger charge is -2.28. The maximum absolute atomic E-state index is 13.3. The molecule has 4 nitrogen and oxygen atoms in total. The van der Waals surface area contributed by atoms with Gasteiger partial charge < -0.3 is 9.30 Å². The smallest absolute Gasteiger partial charge is 0.406 e. The summed E-state index contributed by atoms with van der Waals surface area (Å²) in [5.41, 5.74) is 1.89. The first-order valence-electron chi connectivity index (χ1n) is 9.79. The van der Waals surface area contributed by atoms with E-state index >= 15 is 0 Å². The highest BCUT2D eigenvalue weighted by molar-refractivity contribution is 5.58. The highest BCUT2D eigenvalue weighted by Gasteiger charge is 2.34. The van der Waals surface area contributed by atoms with Gasteiger partial charge in [-0.1, -0.05) is 18.2 Å². The van der Waals surface area contributed by atoms with E-state index in [1.807, 2.05) is 9.47 Å². The third-order valence-electron chi connectivity index (χ3n) is 5.40. The number of hydrogen-bond acceptors (Lipinski definition) is 3. The van der Waals surface area contributed by atoms with E-state index in [0.29, 0.717) is 30.9 Å². The standard InChI is InChI=1S/C22H19F6N3O/c1-30-19-13-31(12-15-4-2-3-5-17(15)21(23,24)25)11-10-18(19)29-20(30)14-6-8-16(9-7-14)32-22(26,27)28/h2-9H,10-13H2,1H3. The third kappa shape index (κ3) is 4.74. The van der Waals surface area contributed by atoms with Gasteiger partial charge in [-0.3, -0.25) is 4.90 Å². The van der Waals surface area contributed by atoms with E-state index in [-0.39, 0.29) is 17.9 Å². The average molecular weight is 455 g/mol. The van der Waals surface area contributed by atoms with Crippen LogP contribution >= 0.6 is 0 Å². The fourth-order valence-electron chi connectivity index (χ4n) is 3.92. The molecule has 0 saturated carbocycles. The monoisotopic (exact) mass is 455 g/mol. The molecule has 2 heterocycles. The van der Waals surface area contributed by atoms with Gasteiger partial charge in [-0.25, -0.2) is 4.98 Å². The first-order valence-corrected chi connectivity index (χ1v) is 9.79. The van der Waals surface area contributed by atoms with E-state index < -0.39 is 18.1 Å². The van der Waals surface area contributed by atoms with Gasteiger partial charge >= 0.3 is 12.5 Å². The SMILES string of the molecule is Cn1c(-c2ccc(OC(F)(F)F)cc2)nc2c1CN(Cc1ccccc1C(F)(F)F)CC2. The Morgan fingerprint density at radius 3 is 2.31 bits per heavy atom. The Morgan fingerprint density at radius 1 is 0.969 bits per heavy atom. The Kier molecular flexibility index (Phi) is 5.66. The minimum absolute atomic E-state index is 0.152. The van der Waals surface area contributed by atoms with Crippen LogP contribution in [-0.4, -0.2) is 27.4 Å². The third-order valence-corrected chi connectivity index (χ3v) is 5.40. The zero-order valence-corrected chi connectivity index (χ0v) is 17.0. The van der Waals surface area contributed by atoms with Gasteiger partial charge in [-0.15, -0.1) is 13.2 Å². The van der Waals surface area contributed by atoms with E-state index in [9.17, 15) is 26.3 Å². The molecule has 0 amide bonds. The highest BCUT2D eigenvalue weighted by atomic mass is 19.4. The fourth-order valence-corrected chi connectivity index (χ4v) is 3.92. The molecule has 3 aromatic rings. The molecule has 0 N–H and O–H groups in total. The van der Waals surface area contributed by atoms with Crippen LogP contribution < -0.4 is 4.74 Å². The minimum atomic E-state index is -4.77. The number of rotatable bonds is 4. The topological polar surface area (TPSA) is 30.3 Å². The zero-order chi connectivity index (χ0) is 23.1. The van der Waals surface area contributed by atoms with Crippen LogP contribution in [0.25, 0.3) is 11.4 Å². The number of aromatic nitrogens is 2. The molecule has 0 atom stereocenters. The van der Waals surface area contributed by atoms with Gasteiger partial charge in [0.1, 0.15) is 11.6 Å². The van der Waals surface area contributed by atoms with Crippen molar-refractivity contribution in [1.29, 1.82) is 0 Å². The average Bonchev–Trinajstić information content (AvgIpc) is 3.03. The highest BCUT2D eigenvalue weighted by Crippen LogP contribution is 2.34. The number of halogens is 6. The molecule has 1 aromatic heterocycles. The normalized spacial score (nSPS) is 15.0. The van der Waals surface area contributed by atoms with Crippen LogP contribution in [0.4, 0.5) is 26.3 Å². The molecule has 0 unspecified atom stereocenters. The largest absolute Gasteiger partial charge is 0.573 e. The number of imidazole rings is 1. The molecule has 0 fully saturated rings. The van der Waals surface area contributed by atoms with Crippen LogP contribution in [0, 0.1) is 0 Å². The van der Waals surface area contributed by atoms with Crippen molar-refractivity contribution < 1.29 is 31.1 Å². The summed E-state index contributed by atoms with van der Waals surface area (Å²) >= 11 is 0. The van der Waals surface area contributed by atoms with Crippen molar-refractivity contribution >= 4 is 0 Å². The van der Waals surface area contributed by atoms with Crippen molar-refractivity contribution in [3.05, 3.63) is 71.0 Å². The molecule has 0 saturated heterocycles. The molecule has 1 aliphatic rings. The van der Waals surface area contributed by atoms with Crippen LogP contribution in [0.5, 0.6) is 5.75 Å². The Morgan fingerprint density at radius 2 is 1.66 bits per heavy atom. The number of hydrogen-bond donors (Lipinski definition) is 0. The molecular weight excluding hydrogens is 436 g/mol. The van der Waals surface area contributed by atoms with Gasteiger partial charge in [0.05, 0.1) is 17.0 Å². The first kappa shape index (κ1) is 22.2. The summed E-state index contributed by atoms with van der Waals surface area (Å²) in [4.78, 5) is 6.55. The molecule has 0 aliphatic carbocycles. The predicted octanol–water partition coefficient (Wildman–Crippen LogP) is 5.56. The van der Waals surface area contributed by atoms with Crippen LogP contribution in [-0.2, 0) is 32.7 Å². The molecule has 4 rings (SSSR count). The van der Waals surface area contributed by atoms with Gasteiger partial charge in [0.2, 0.25) is 0 Å². The summed E-state index contributed by atoms with van der Waals surface area (Å²) < 4.78 is 82.7. The van der Waals surface area contributed by atoms with E-state index in [1.54, 1.807) is 13.1 Å². The van der Waals surface area contributed by atoms with Crippen LogP contribution in [0.15, 0.2) is 48.5 Å². The van der Waals surface area contributed by atoms with Crippen molar-refractivity contribution in [2.45, 2.75) is 32.0 Å². The quantitative estimate of drug-likeness (QED) is 0.483. The van der Waals surface area contributed by atoms with Crippen molar-refractivity contribution in [2.24, 2.45) is 7.05 Å². The Hall–Kier alpha value is -3.01. The van der Waals surface area contributed by atoms with Gasteiger partial charge in [0.25, 0.3) is 0 Å². The Balaban J connectivity index is 1.54. The first-order chi connectivity index (χ1) is 15.0. The van der Waals surface area contributed by atoms with Crippen LogP contribution in [0.2, 0.25) is 0 Å². The van der Waals surface area contributed by atoms with Crippen molar-refractivity contribution in [2.75, 3.05) is 6.54 Å². The van der Waals surface area contributed by atoms with Crippen molar-refractivity contribution in [3.63, 3.8) is 0 Å². The maximum atomic E-state index is 13.3. The Labute approximate surface area is 180 Å². The molecule has 170 valence electrons. The summed E-state index contributed by atoms with van der Waals surface area (Å²) in [5.74, 6) is 0.251. The van der Waals surface area contributed by atoms with Gasteiger partial charge in [-0.2, -0.15) is 13.2 Å². The lowest BCUT2D eigenvalue weighted by molar-refractivity contribution is -0.274. The van der Waals surface area contributed by atoms with E-state index in [0.717, 1.165) is 17.5 Å². The zero-order valence-electron chi connectivity index (χ0n) is 17.0. The summed E-state index contributed by atoms with van der Waals surface area (Å²) in [7, 11) is 1.79. The van der Waals surface area contributed by atoms with E-state index in [4.69, 9.17) is 0 Å². The second-order valence-corrected chi connectivity index (χ2v) is 7.58. The van der Waals surface area contributed by atoms with Gasteiger partial charge in [0.15, 0.2) is 0 Å². The lowest BCUT2D eigenvalue weighted by Crippen LogP contribution is -2.31. The number of nitrogens with zero attached hydrogens (tertiary/aromatic N) is 3. The number of benzene rings is 2. The number of fused-ring (bicyclic) bond motifs is 1. The van der Waals surface area contributed by atoms with Crippen LogP contribution in [0.3, 0.4) is 0 Å². The predicted molar refractivity (Wildman–Crippen MR) is 105 cm³/mol.